The Bertz CT molecular complexity index is 409. The maximum Gasteiger partial charge on any atom is 0.244 e. The van der Waals surface area contributed by atoms with Gasteiger partial charge in [-0.2, -0.15) is 5.26 Å². The molecular formula is C13H16N2O2. The Morgan fingerprint density at radius 1 is 1.47 bits per heavy atom. The van der Waals surface area contributed by atoms with Crippen LogP contribution in [0.15, 0.2) is 30.3 Å². The first-order chi connectivity index (χ1) is 8.06. The van der Waals surface area contributed by atoms with Crippen LogP contribution in [0.3, 0.4) is 0 Å². The molecule has 0 radical (unpaired) electrons. The average Bonchev–Trinajstić information content (AvgIpc) is 2.30. The van der Waals surface area contributed by atoms with Gasteiger partial charge in [0.05, 0.1) is 12.2 Å². The summed E-state index contributed by atoms with van der Waals surface area (Å²) in [5.41, 5.74) is 0.678. The Morgan fingerprint density at radius 3 is 2.53 bits per heavy atom. The van der Waals surface area contributed by atoms with Gasteiger partial charge in [0.2, 0.25) is 5.91 Å². The number of hydrogen-bond acceptors (Lipinski definition) is 3. The molecule has 2 atom stereocenters. The van der Waals surface area contributed by atoms with E-state index >= 15 is 0 Å². The molecule has 0 saturated heterocycles. The highest BCUT2D eigenvalue weighted by Gasteiger charge is 2.23. The van der Waals surface area contributed by atoms with Crippen LogP contribution in [0.25, 0.3) is 0 Å². The Kier molecular flexibility index (Phi) is 4.68. The standard InChI is InChI=1S/C13H16N2O2/c1-10(16)9-15(2)13(17)12(8-14)11-6-4-3-5-7-11/h3-7,10,12,16H,9H2,1-2H3. The van der Waals surface area contributed by atoms with E-state index in [1.165, 1.54) is 4.90 Å². The summed E-state index contributed by atoms with van der Waals surface area (Å²) in [5.74, 6) is -1.10. The van der Waals surface area contributed by atoms with Gasteiger partial charge in [-0.3, -0.25) is 4.79 Å². The van der Waals surface area contributed by atoms with Gasteiger partial charge in [0, 0.05) is 13.6 Å². The maximum absolute atomic E-state index is 12.0. The number of carbonyl (C=O) groups excluding carboxylic acids is 1. The molecule has 2 unspecified atom stereocenters. The van der Waals surface area contributed by atoms with Crippen molar-refractivity contribution in [2.24, 2.45) is 0 Å². The van der Waals surface area contributed by atoms with Crippen LogP contribution in [-0.4, -0.2) is 35.6 Å². The van der Waals surface area contributed by atoms with Gasteiger partial charge in [0.15, 0.2) is 0 Å². The number of hydrogen-bond donors (Lipinski definition) is 1. The van der Waals surface area contributed by atoms with Gasteiger partial charge >= 0.3 is 0 Å². The van der Waals surface area contributed by atoms with Gasteiger partial charge in [-0.15, -0.1) is 0 Å². The van der Waals surface area contributed by atoms with Crippen molar-refractivity contribution < 1.29 is 9.90 Å². The monoisotopic (exact) mass is 232 g/mol. The minimum absolute atomic E-state index is 0.226. The molecular weight excluding hydrogens is 216 g/mol. The van der Waals surface area contributed by atoms with E-state index in [-0.39, 0.29) is 12.5 Å². The molecule has 0 spiro atoms. The van der Waals surface area contributed by atoms with Gasteiger partial charge < -0.3 is 10.0 Å². The van der Waals surface area contributed by atoms with E-state index in [9.17, 15) is 9.90 Å². The first-order valence-corrected chi connectivity index (χ1v) is 5.44. The van der Waals surface area contributed by atoms with Crippen molar-refractivity contribution >= 4 is 5.91 Å². The zero-order valence-electron chi connectivity index (χ0n) is 10.00. The van der Waals surface area contributed by atoms with Crippen molar-refractivity contribution in [2.75, 3.05) is 13.6 Å². The van der Waals surface area contributed by atoms with Crippen LogP contribution in [0.4, 0.5) is 0 Å². The minimum atomic E-state index is -0.806. The number of benzene rings is 1. The molecule has 0 fully saturated rings. The lowest BCUT2D eigenvalue weighted by atomic mass is 9.99. The highest BCUT2D eigenvalue weighted by molar-refractivity contribution is 5.86. The average molecular weight is 232 g/mol. The van der Waals surface area contributed by atoms with E-state index in [0.29, 0.717) is 5.56 Å². The summed E-state index contributed by atoms with van der Waals surface area (Å²) in [6.45, 7) is 1.83. The minimum Gasteiger partial charge on any atom is -0.392 e. The molecule has 0 aliphatic heterocycles. The molecule has 17 heavy (non-hydrogen) atoms. The van der Waals surface area contributed by atoms with E-state index in [2.05, 4.69) is 0 Å². The van der Waals surface area contributed by atoms with Crippen LogP contribution in [-0.2, 0) is 4.79 Å². The van der Waals surface area contributed by atoms with Crippen LogP contribution in [0.2, 0.25) is 0 Å². The van der Waals surface area contributed by atoms with Crippen molar-refractivity contribution in [3.63, 3.8) is 0 Å². The summed E-state index contributed by atoms with van der Waals surface area (Å²) >= 11 is 0. The summed E-state index contributed by atoms with van der Waals surface area (Å²) in [6, 6.07) is 10.9. The van der Waals surface area contributed by atoms with Crippen LogP contribution < -0.4 is 0 Å². The number of amides is 1. The lowest BCUT2D eigenvalue weighted by Gasteiger charge is -2.21. The first kappa shape index (κ1) is 13.2. The molecule has 4 heteroatoms. The van der Waals surface area contributed by atoms with E-state index in [4.69, 9.17) is 5.26 Å². The van der Waals surface area contributed by atoms with Gasteiger partial charge in [-0.25, -0.2) is 0 Å². The van der Waals surface area contributed by atoms with Crippen molar-refractivity contribution in [1.29, 1.82) is 5.26 Å². The van der Waals surface area contributed by atoms with Crippen molar-refractivity contribution in [3.8, 4) is 6.07 Å². The summed E-state index contributed by atoms with van der Waals surface area (Å²) in [6.07, 6.45) is -0.598. The van der Waals surface area contributed by atoms with E-state index in [1.54, 1.807) is 38.2 Å². The smallest absolute Gasteiger partial charge is 0.244 e. The third kappa shape index (κ3) is 3.58. The Labute approximate surface area is 101 Å². The highest BCUT2D eigenvalue weighted by Crippen LogP contribution is 2.17. The zero-order chi connectivity index (χ0) is 12.8. The third-order valence-corrected chi connectivity index (χ3v) is 2.42. The number of rotatable bonds is 4. The summed E-state index contributed by atoms with van der Waals surface area (Å²) < 4.78 is 0. The van der Waals surface area contributed by atoms with Gasteiger partial charge in [-0.1, -0.05) is 30.3 Å². The molecule has 0 saturated carbocycles. The summed E-state index contributed by atoms with van der Waals surface area (Å²) in [5, 5.41) is 18.3. The second-order valence-electron chi connectivity index (χ2n) is 4.04. The second kappa shape index (κ2) is 6.02. The van der Waals surface area contributed by atoms with E-state index in [1.807, 2.05) is 12.1 Å². The lowest BCUT2D eigenvalue weighted by molar-refractivity contribution is -0.131. The topological polar surface area (TPSA) is 64.3 Å². The Hall–Kier alpha value is -1.86. The highest BCUT2D eigenvalue weighted by atomic mass is 16.3. The quantitative estimate of drug-likeness (QED) is 0.846. The SMILES string of the molecule is CC(O)CN(C)C(=O)C(C#N)c1ccccc1. The lowest BCUT2D eigenvalue weighted by Crippen LogP contribution is -2.36. The number of carbonyl (C=O) groups is 1. The second-order valence-corrected chi connectivity index (χ2v) is 4.04. The molecule has 0 bridgehead atoms. The molecule has 1 rings (SSSR count). The molecule has 0 aliphatic carbocycles. The van der Waals surface area contributed by atoms with Crippen molar-refractivity contribution in [3.05, 3.63) is 35.9 Å². The molecule has 1 amide bonds. The Balaban J connectivity index is 2.83. The van der Waals surface area contributed by atoms with Crippen LogP contribution in [0, 0.1) is 11.3 Å². The molecule has 90 valence electrons. The fourth-order valence-corrected chi connectivity index (χ4v) is 1.62. The molecule has 1 aromatic rings. The number of aliphatic hydroxyl groups is 1. The number of likely N-dealkylation sites (N-methyl/N-ethyl adjacent to an activating group) is 1. The van der Waals surface area contributed by atoms with Crippen LogP contribution in [0.5, 0.6) is 0 Å². The van der Waals surface area contributed by atoms with Crippen molar-refractivity contribution in [1.82, 2.24) is 4.90 Å². The first-order valence-electron chi connectivity index (χ1n) is 5.44. The molecule has 0 heterocycles. The summed E-state index contributed by atoms with van der Waals surface area (Å²) in [4.78, 5) is 13.4. The predicted molar refractivity (Wildman–Crippen MR) is 64.1 cm³/mol. The molecule has 0 aromatic heterocycles. The fraction of sp³-hybridized carbons (Fsp3) is 0.385. The number of aliphatic hydroxyl groups excluding tert-OH is 1. The predicted octanol–water partition coefficient (Wildman–Crippen LogP) is 1.13. The van der Waals surface area contributed by atoms with E-state index < -0.39 is 12.0 Å². The number of nitriles is 1. The zero-order valence-corrected chi connectivity index (χ0v) is 10.00. The fourth-order valence-electron chi connectivity index (χ4n) is 1.62. The third-order valence-electron chi connectivity index (χ3n) is 2.42. The van der Waals surface area contributed by atoms with Crippen LogP contribution in [0.1, 0.15) is 18.4 Å². The molecule has 0 aliphatic rings. The van der Waals surface area contributed by atoms with Gasteiger partial charge in [0.1, 0.15) is 5.92 Å². The maximum atomic E-state index is 12.0. The molecule has 1 N–H and O–H groups in total. The molecule has 1 aromatic carbocycles. The van der Waals surface area contributed by atoms with E-state index in [0.717, 1.165) is 0 Å². The normalized spacial score (nSPS) is 13.5. The van der Waals surface area contributed by atoms with Gasteiger partial charge in [-0.05, 0) is 12.5 Å². The number of nitrogens with zero attached hydrogens (tertiary/aromatic N) is 2. The molecule has 4 nitrogen and oxygen atoms in total. The van der Waals surface area contributed by atoms with Crippen molar-refractivity contribution in [2.45, 2.75) is 18.9 Å². The largest absolute Gasteiger partial charge is 0.392 e. The summed E-state index contributed by atoms with van der Waals surface area (Å²) in [7, 11) is 1.59. The Morgan fingerprint density at radius 2 is 2.06 bits per heavy atom. The van der Waals surface area contributed by atoms with Crippen LogP contribution >= 0.6 is 0 Å². The van der Waals surface area contributed by atoms with Gasteiger partial charge in [0.25, 0.3) is 0 Å².